The molecule has 0 aromatic rings. The third kappa shape index (κ3) is 11.2. The molecule has 5 nitrogen and oxygen atoms in total. The van der Waals surface area contributed by atoms with Gasteiger partial charge in [-0.25, -0.2) is 4.79 Å². The SMILES string of the molecule is CC(=CCCN(C)CC(C=O)CCCCCCC=O)C(=O)O. The minimum atomic E-state index is -0.886. The maximum Gasteiger partial charge on any atom is 0.330 e. The zero-order chi connectivity index (χ0) is 16.8. The average molecular weight is 311 g/mol. The van der Waals surface area contributed by atoms with Crippen molar-refractivity contribution in [3.05, 3.63) is 11.6 Å². The van der Waals surface area contributed by atoms with Crippen molar-refractivity contribution in [1.82, 2.24) is 4.90 Å². The fourth-order valence-corrected chi connectivity index (χ4v) is 2.27. The fraction of sp³-hybridized carbons (Fsp3) is 0.706. The van der Waals surface area contributed by atoms with Crippen molar-refractivity contribution in [1.29, 1.82) is 0 Å². The van der Waals surface area contributed by atoms with Gasteiger partial charge in [0, 0.05) is 31.0 Å². The molecular weight excluding hydrogens is 282 g/mol. The predicted octanol–water partition coefficient (Wildman–Crippen LogP) is 2.69. The van der Waals surface area contributed by atoms with Gasteiger partial charge in [0.05, 0.1) is 0 Å². The molecule has 0 aromatic heterocycles. The summed E-state index contributed by atoms with van der Waals surface area (Å²) in [6, 6.07) is 0. The van der Waals surface area contributed by atoms with Gasteiger partial charge >= 0.3 is 5.97 Å². The highest BCUT2D eigenvalue weighted by molar-refractivity contribution is 5.85. The highest BCUT2D eigenvalue weighted by atomic mass is 16.4. The van der Waals surface area contributed by atoms with Crippen molar-refractivity contribution < 1.29 is 19.5 Å². The zero-order valence-corrected chi connectivity index (χ0v) is 13.8. The van der Waals surface area contributed by atoms with Gasteiger partial charge in [0.15, 0.2) is 0 Å². The largest absolute Gasteiger partial charge is 0.478 e. The Morgan fingerprint density at radius 3 is 2.41 bits per heavy atom. The highest BCUT2D eigenvalue weighted by Crippen LogP contribution is 2.11. The van der Waals surface area contributed by atoms with Crippen LogP contribution >= 0.6 is 0 Å². The molecule has 0 heterocycles. The number of carboxylic acids is 1. The lowest BCUT2D eigenvalue weighted by molar-refractivity contribution is -0.132. The maximum atomic E-state index is 11.1. The van der Waals surface area contributed by atoms with Crippen LogP contribution in [0, 0.1) is 5.92 Å². The first kappa shape index (κ1) is 20.5. The summed E-state index contributed by atoms with van der Waals surface area (Å²) in [6.45, 7) is 3.03. The molecule has 1 unspecified atom stereocenters. The Hall–Kier alpha value is -1.49. The van der Waals surface area contributed by atoms with E-state index in [1.807, 2.05) is 7.05 Å². The number of carboxylic acid groups (broad SMARTS) is 1. The van der Waals surface area contributed by atoms with E-state index in [-0.39, 0.29) is 5.92 Å². The summed E-state index contributed by atoms with van der Waals surface area (Å²) in [6.07, 6.45) is 9.89. The molecule has 0 fully saturated rings. The summed E-state index contributed by atoms with van der Waals surface area (Å²) in [4.78, 5) is 34.0. The van der Waals surface area contributed by atoms with Crippen molar-refractivity contribution >= 4 is 18.5 Å². The number of carbonyl (C=O) groups is 3. The van der Waals surface area contributed by atoms with Crippen LogP contribution in [-0.4, -0.2) is 48.7 Å². The first-order valence-corrected chi connectivity index (χ1v) is 7.98. The first-order valence-electron chi connectivity index (χ1n) is 7.98. The van der Waals surface area contributed by atoms with Gasteiger partial charge in [-0.15, -0.1) is 0 Å². The molecule has 1 N–H and O–H groups in total. The van der Waals surface area contributed by atoms with Crippen LogP contribution in [0.25, 0.3) is 0 Å². The van der Waals surface area contributed by atoms with Crippen molar-refractivity contribution in [2.24, 2.45) is 5.92 Å². The summed E-state index contributed by atoms with van der Waals surface area (Å²) in [5.41, 5.74) is 0.357. The second kappa shape index (κ2) is 13.2. The molecule has 0 aliphatic carbocycles. The van der Waals surface area contributed by atoms with Crippen molar-refractivity contribution in [3.8, 4) is 0 Å². The van der Waals surface area contributed by atoms with Gasteiger partial charge in [-0.2, -0.15) is 0 Å². The van der Waals surface area contributed by atoms with Crippen LogP contribution in [0.4, 0.5) is 0 Å². The van der Waals surface area contributed by atoms with Crippen LogP contribution in [-0.2, 0) is 14.4 Å². The molecular formula is C17H29NO4. The zero-order valence-electron chi connectivity index (χ0n) is 13.8. The molecule has 0 rings (SSSR count). The number of carbonyl (C=O) groups excluding carboxylic acids is 2. The smallest absolute Gasteiger partial charge is 0.330 e. The number of unbranched alkanes of at least 4 members (excludes halogenated alkanes) is 4. The molecule has 5 heteroatoms. The van der Waals surface area contributed by atoms with Gasteiger partial charge in [0.25, 0.3) is 0 Å². The molecule has 0 aliphatic heterocycles. The molecule has 0 bridgehead atoms. The Morgan fingerprint density at radius 1 is 1.14 bits per heavy atom. The molecule has 0 aromatic carbocycles. The number of rotatable bonds is 14. The average Bonchev–Trinajstić information content (AvgIpc) is 2.49. The van der Waals surface area contributed by atoms with E-state index in [0.29, 0.717) is 25.0 Å². The van der Waals surface area contributed by atoms with E-state index in [1.54, 1.807) is 13.0 Å². The topological polar surface area (TPSA) is 74.7 Å². The normalized spacial score (nSPS) is 13.1. The van der Waals surface area contributed by atoms with Gasteiger partial charge in [0.1, 0.15) is 12.6 Å². The quantitative estimate of drug-likeness (QED) is 0.303. The van der Waals surface area contributed by atoms with E-state index < -0.39 is 5.97 Å². The van der Waals surface area contributed by atoms with Gasteiger partial charge in [-0.1, -0.05) is 25.3 Å². The lowest BCUT2D eigenvalue weighted by atomic mass is 10.0. The van der Waals surface area contributed by atoms with Crippen LogP contribution in [0.2, 0.25) is 0 Å². The summed E-state index contributed by atoms with van der Waals surface area (Å²) in [7, 11) is 1.95. The molecule has 1 atom stereocenters. The highest BCUT2D eigenvalue weighted by Gasteiger charge is 2.10. The third-order valence-electron chi connectivity index (χ3n) is 3.68. The predicted molar refractivity (Wildman–Crippen MR) is 86.8 cm³/mol. The monoisotopic (exact) mass is 311 g/mol. The standard InChI is InChI=1S/C17H29NO4/c1-15(17(21)22)9-8-11-18(2)13-16(14-20)10-6-4-3-5-7-12-19/h9,12,14,16H,3-8,10-11,13H2,1-2H3,(H,21,22). The minimum absolute atomic E-state index is 0.0284. The van der Waals surface area contributed by atoms with Crippen LogP contribution in [0.15, 0.2) is 11.6 Å². The maximum absolute atomic E-state index is 11.1. The third-order valence-corrected chi connectivity index (χ3v) is 3.68. The molecule has 0 aliphatic rings. The van der Waals surface area contributed by atoms with Crippen LogP contribution < -0.4 is 0 Å². The lowest BCUT2D eigenvalue weighted by Crippen LogP contribution is -2.27. The summed E-state index contributed by atoms with van der Waals surface area (Å²) < 4.78 is 0. The van der Waals surface area contributed by atoms with Gasteiger partial charge in [0.2, 0.25) is 0 Å². The second-order valence-electron chi connectivity index (χ2n) is 5.80. The first-order chi connectivity index (χ1) is 10.5. The molecule has 0 saturated heterocycles. The summed E-state index contributed by atoms with van der Waals surface area (Å²) in [5.74, 6) is -0.858. The Morgan fingerprint density at radius 2 is 1.82 bits per heavy atom. The van der Waals surface area contributed by atoms with Crippen molar-refractivity contribution in [2.45, 2.75) is 51.9 Å². The van der Waals surface area contributed by atoms with E-state index >= 15 is 0 Å². The van der Waals surface area contributed by atoms with Crippen LogP contribution in [0.5, 0.6) is 0 Å². The Kier molecular flexibility index (Phi) is 12.3. The van der Waals surface area contributed by atoms with Crippen LogP contribution in [0.1, 0.15) is 51.9 Å². The van der Waals surface area contributed by atoms with Crippen molar-refractivity contribution in [2.75, 3.05) is 20.1 Å². The van der Waals surface area contributed by atoms with Gasteiger partial charge in [-0.05, 0) is 33.2 Å². The molecule has 22 heavy (non-hydrogen) atoms. The Labute approximate surface area is 133 Å². The molecule has 126 valence electrons. The van der Waals surface area contributed by atoms with Gasteiger partial charge in [-0.3, -0.25) is 0 Å². The fourth-order valence-electron chi connectivity index (χ4n) is 2.27. The van der Waals surface area contributed by atoms with E-state index in [9.17, 15) is 14.4 Å². The van der Waals surface area contributed by atoms with Crippen LogP contribution in [0.3, 0.4) is 0 Å². The number of aliphatic carboxylic acids is 1. The number of hydrogen-bond acceptors (Lipinski definition) is 4. The minimum Gasteiger partial charge on any atom is -0.478 e. The molecule has 0 radical (unpaired) electrons. The molecule has 0 spiro atoms. The van der Waals surface area contributed by atoms with E-state index in [2.05, 4.69) is 4.90 Å². The van der Waals surface area contributed by atoms with Crippen molar-refractivity contribution in [3.63, 3.8) is 0 Å². The van der Waals surface area contributed by atoms with Gasteiger partial charge < -0.3 is 19.6 Å². The second-order valence-corrected chi connectivity index (χ2v) is 5.80. The molecule has 0 amide bonds. The van der Waals surface area contributed by atoms with E-state index in [0.717, 1.165) is 51.2 Å². The lowest BCUT2D eigenvalue weighted by Gasteiger charge is -2.20. The number of hydrogen-bond donors (Lipinski definition) is 1. The Balaban J connectivity index is 3.86. The van der Waals surface area contributed by atoms with E-state index in [4.69, 9.17) is 5.11 Å². The Bertz CT molecular complexity index is 366. The number of nitrogens with zero attached hydrogens (tertiary/aromatic N) is 1. The molecule has 0 saturated carbocycles. The summed E-state index contributed by atoms with van der Waals surface area (Å²) in [5, 5.41) is 8.76. The van der Waals surface area contributed by atoms with E-state index in [1.165, 1.54) is 0 Å². The summed E-state index contributed by atoms with van der Waals surface area (Å²) >= 11 is 0. The number of aldehydes is 2.